The quantitative estimate of drug-likeness (QED) is 0.455. The zero-order chi connectivity index (χ0) is 22.6. The van der Waals surface area contributed by atoms with Crippen LogP contribution in [0.3, 0.4) is 0 Å². The predicted molar refractivity (Wildman–Crippen MR) is 128 cm³/mol. The Morgan fingerprint density at radius 3 is 2.22 bits per heavy atom. The highest BCUT2D eigenvalue weighted by atomic mass is 16.5. The van der Waals surface area contributed by atoms with Gasteiger partial charge in [-0.25, -0.2) is 0 Å². The Labute approximate surface area is 190 Å². The fourth-order valence-electron chi connectivity index (χ4n) is 3.58. The second-order valence-electron chi connectivity index (χ2n) is 7.70. The number of carbonyl (C=O) groups excluding carboxylic acids is 1. The predicted octanol–water partition coefficient (Wildman–Crippen LogP) is 4.58. The highest BCUT2D eigenvalue weighted by Crippen LogP contribution is 2.29. The summed E-state index contributed by atoms with van der Waals surface area (Å²) in [6, 6.07) is 26.1. The number of benzene rings is 3. The fourth-order valence-corrected chi connectivity index (χ4v) is 3.58. The van der Waals surface area contributed by atoms with Crippen molar-refractivity contribution in [1.29, 1.82) is 0 Å². The molecule has 0 spiro atoms. The van der Waals surface area contributed by atoms with Crippen molar-refractivity contribution < 1.29 is 14.3 Å². The molecule has 0 saturated carbocycles. The van der Waals surface area contributed by atoms with E-state index >= 15 is 0 Å². The molecule has 2 N–H and O–H groups in total. The van der Waals surface area contributed by atoms with Crippen molar-refractivity contribution in [3.05, 3.63) is 95.6 Å². The van der Waals surface area contributed by atoms with Gasteiger partial charge in [-0.2, -0.15) is 0 Å². The summed E-state index contributed by atoms with van der Waals surface area (Å²) in [6.45, 7) is 1.92. The van der Waals surface area contributed by atoms with Crippen LogP contribution in [0.1, 0.15) is 29.5 Å². The van der Waals surface area contributed by atoms with E-state index in [9.17, 15) is 4.79 Å². The second kappa shape index (κ2) is 12.5. The van der Waals surface area contributed by atoms with Crippen LogP contribution in [-0.4, -0.2) is 31.0 Å². The molecule has 0 radical (unpaired) electrons. The molecule has 3 rings (SSSR count). The van der Waals surface area contributed by atoms with Gasteiger partial charge in [-0.1, -0.05) is 66.7 Å². The number of hydrogen-bond acceptors (Lipinski definition) is 4. The molecule has 1 amide bonds. The van der Waals surface area contributed by atoms with E-state index in [0.29, 0.717) is 44.2 Å². The van der Waals surface area contributed by atoms with E-state index in [0.717, 1.165) is 24.0 Å². The third-order valence-electron chi connectivity index (χ3n) is 5.29. The first-order valence-corrected chi connectivity index (χ1v) is 11.0. The minimum atomic E-state index is 0.120. The SMILES string of the molecule is COc1cc(CN(CCN)C(=O)CCCc2ccccc2)ccc1OCc1ccccc1. The van der Waals surface area contributed by atoms with Crippen LogP contribution in [0.5, 0.6) is 11.5 Å². The maximum Gasteiger partial charge on any atom is 0.222 e. The van der Waals surface area contributed by atoms with Gasteiger partial charge in [0, 0.05) is 26.1 Å². The largest absolute Gasteiger partial charge is 0.493 e. The van der Waals surface area contributed by atoms with Crippen LogP contribution >= 0.6 is 0 Å². The van der Waals surface area contributed by atoms with Crippen molar-refractivity contribution >= 4 is 5.91 Å². The lowest BCUT2D eigenvalue weighted by Crippen LogP contribution is -2.34. The standard InChI is InChI=1S/C27H32N2O3/c1-31-26-19-24(15-16-25(26)32-21-23-11-6-3-7-12-23)20-29(18-17-28)27(30)14-8-13-22-9-4-2-5-10-22/h2-7,9-12,15-16,19H,8,13-14,17-18,20-21,28H2,1H3. The normalized spacial score (nSPS) is 10.6. The summed E-state index contributed by atoms with van der Waals surface area (Å²) in [5.41, 5.74) is 9.10. The molecular formula is C27H32N2O3. The van der Waals surface area contributed by atoms with Crippen molar-refractivity contribution in [3.63, 3.8) is 0 Å². The van der Waals surface area contributed by atoms with Crippen LogP contribution in [0.4, 0.5) is 0 Å². The van der Waals surface area contributed by atoms with Crippen LogP contribution in [-0.2, 0) is 24.4 Å². The van der Waals surface area contributed by atoms with Crippen LogP contribution in [0.2, 0.25) is 0 Å². The third kappa shape index (κ3) is 7.13. The molecule has 0 fully saturated rings. The Hall–Kier alpha value is -3.31. The van der Waals surface area contributed by atoms with E-state index in [1.807, 2.05) is 71.6 Å². The number of methoxy groups -OCH3 is 1. The molecule has 0 aliphatic heterocycles. The number of amides is 1. The number of ether oxygens (including phenoxy) is 2. The number of nitrogens with two attached hydrogens (primary N) is 1. The first-order chi connectivity index (χ1) is 15.7. The van der Waals surface area contributed by atoms with Gasteiger partial charge in [-0.15, -0.1) is 0 Å². The Bertz CT molecular complexity index is 961. The third-order valence-corrected chi connectivity index (χ3v) is 5.29. The molecule has 0 unspecified atom stereocenters. The Balaban J connectivity index is 1.58. The Kier molecular flexibility index (Phi) is 9.14. The number of hydrogen-bond donors (Lipinski definition) is 1. The summed E-state index contributed by atoms with van der Waals surface area (Å²) in [7, 11) is 1.63. The lowest BCUT2D eigenvalue weighted by molar-refractivity contribution is -0.131. The van der Waals surface area contributed by atoms with E-state index < -0.39 is 0 Å². The Morgan fingerprint density at radius 2 is 1.56 bits per heavy atom. The number of nitrogens with zero attached hydrogens (tertiary/aromatic N) is 1. The van der Waals surface area contributed by atoms with Gasteiger partial charge in [0.2, 0.25) is 5.91 Å². The molecule has 0 atom stereocenters. The highest BCUT2D eigenvalue weighted by molar-refractivity contribution is 5.76. The summed E-state index contributed by atoms with van der Waals surface area (Å²) in [4.78, 5) is 14.6. The first kappa shape index (κ1) is 23.4. The average molecular weight is 433 g/mol. The molecule has 5 heteroatoms. The lowest BCUT2D eigenvalue weighted by atomic mass is 10.1. The molecule has 0 aliphatic carbocycles. The van der Waals surface area contributed by atoms with E-state index in [1.165, 1.54) is 5.56 Å². The minimum Gasteiger partial charge on any atom is -0.493 e. The smallest absolute Gasteiger partial charge is 0.222 e. The summed E-state index contributed by atoms with van der Waals surface area (Å²) in [5, 5.41) is 0. The molecule has 0 saturated heterocycles. The summed E-state index contributed by atoms with van der Waals surface area (Å²) >= 11 is 0. The van der Waals surface area contributed by atoms with Crippen LogP contribution < -0.4 is 15.2 Å². The monoisotopic (exact) mass is 432 g/mol. The van der Waals surface area contributed by atoms with Crippen molar-refractivity contribution in [2.24, 2.45) is 5.73 Å². The van der Waals surface area contributed by atoms with E-state index in [2.05, 4.69) is 12.1 Å². The number of aryl methyl sites for hydroxylation is 1. The Morgan fingerprint density at radius 1 is 0.875 bits per heavy atom. The summed E-state index contributed by atoms with van der Waals surface area (Å²) < 4.78 is 11.5. The molecule has 5 nitrogen and oxygen atoms in total. The molecule has 32 heavy (non-hydrogen) atoms. The van der Waals surface area contributed by atoms with Crippen molar-refractivity contribution in [3.8, 4) is 11.5 Å². The molecule has 168 valence electrons. The minimum absolute atomic E-state index is 0.120. The van der Waals surface area contributed by atoms with Crippen LogP contribution in [0.25, 0.3) is 0 Å². The topological polar surface area (TPSA) is 64.8 Å². The number of carbonyl (C=O) groups is 1. The fraction of sp³-hybridized carbons (Fsp3) is 0.296. The van der Waals surface area contributed by atoms with Gasteiger partial charge in [-0.05, 0) is 41.7 Å². The molecule has 3 aromatic rings. The maximum absolute atomic E-state index is 12.8. The van der Waals surface area contributed by atoms with Gasteiger partial charge in [0.05, 0.1) is 7.11 Å². The van der Waals surface area contributed by atoms with Crippen LogP contribution in [0, 0.1) is 0 Å². The van der Waals surface area contributed by atoms with Crippen molar-refractivity contribution in [2.75, 3.05) is 20.2 Å². The second-order valence-corrected chi connectivity index (χ2v) is 7.70. The summed E-state index contributed by atoms with van der Waals surface area (Å²) in [5.74, 6) is 1.46. The number of rotatable bonds is 12. The zero-order valence-corrected chi connectivity index (χ0v) is 18.7. The van der Waals surface area contributed by atoms with Gasteiger partial charge in [0.15, 0.2) is 11.5 Å². The molecule has 0 bridgehead atoms. The summed E-state index contributed by atoms with van der Waals surface area (Å²) in [6.07, 6.45) is 2.22. The first-order valence-electron chi connectivity index (χ1n) is 11.0. The van der Waals surface area contributed by atoms with Gasteiger partial charge in [-0.3, -0.25) is 4.79 Å². The average Bonchev–Trinajstić information content (AvgIpc) is 2.84. The molecule has 3 aromatic carbocycles. The molecule has 0 heterocycles. The zero-order valence-electron chi connectivity index (χ0n) is 18.7. The molecule has 0 aliphatic rings. The van der Waals surface area contributed by atoms with Gasteiger partial charge in [0.1, 0.15) is 6.61 Å². The van der Waals surface area contributed by atoms with E-state index in [-0.39, 0.29) is 5.91 Å². The lowest BCUT2D eigenvalue weighted by Gasteiger charge is -2.23. The van der Waals surface area contributed by atoms with Crippen molar-refractivity contribution in [2.45, 2.75) is 32.4 Å². The molecule has 0 aromatic heterocycles. The molecular weight excluding hydrogens is 400 g/mol. The maximum atomic E-state index is 12.8. The van der Waals surface area contributed by atoms with E-state index in [4.69, 9.17) is 15.2 Å². The van der Waals surface area contributed by atoms with Crippen molar-refractivity contribution in [1.82, 2.24) is 4.90 Å². The highest BCUT2D eigenvalue weighted by Gasteiger charge is 2.15. The van der Waals surface area contributed by atoms with Gasteiger partial charge < -0.3 is 20.1 Å². The van der Waals surface area contributed by atoms with Crippen LogP contribution in [0.15, 0.2) is 78.9 Å². The van der Waals surface area contributed by atoms with E-state index in [1.54, 1.807) is 7.11 Å². The van der Waals surface area contributed by atoms with Gasteiger partial charge >= 0.3 is 0 Å². The van der Waals surface area contributed by atoms with Gasteiger partial charge in [0.25, 0.3) is 0 Å².